The first-order valence-corrected chi connectivity index (χ1v) is 7.74. The molecule has 3 heterocycles. The van der Waals surface area contributed by atoms with Crippen LogP contribution in [0.3, 0.4) is 0 Å². The number of hydrogen-bond acceptors (Lipinski definition) is 4. The molecule has 1 aliphatic rings. The van der Waals surface area contributed by atoms with E-state index in [0.717, 1.165) is 30.4 Å². The van der Waals surface area contributed by atoms with Crippen LogP contribution in [-0.4, -0.2) is 33.4 Å². The number of hydrogen-bond donors (Lipinski definition) is 0. The van der Waals surface area contributed by atoms with E-state index in [2.05, 4.69) is 20.9 Å². The molecule has 0 radical (unpaired) electrons. The van der Waals surface area contributed by atoms with Crippen molar-refractivity contribution in [3.63, 3.8) is 0 Å². The Balaban J connectivity index is 1.92. The molecule has 5 nitrogen and oxygen atoms in total. The van der Waals surface area contributed by atoms with Gasteiger partial charge in [-0.3, -0.25) is 14.2 Å². The van der Waals surface area contributed by atoms with Gasteiger partial charge in [0, 0.05) is 22.9 Å². The highest BCUT2D eigenvalue weighted by Crippen LogP contribution is 2.25. The van der Waals surface area contributed by atoms with Gasteiger partial charge in [-0.05, 0) is 28.8 Å². The van der Waals surface area contributed by atoms with Gasteiger partial charge in [0.1, 0.15) is 11.4 Å². The minimum absolute atomic E-state index is 0.00731. The highest BCUT2D eigenvalue weighted by molar-refractivity contribution is 9.10. The molecule has 0 bridgehead atoms. The van der Waals surface area contributed by atoms with Gasteiger partial charge in [0.15, 0.2) is 0 Å². The number of amides is 1. The molecule has 100 valence electrons. The second kappa shape index (κ2) is 5.05. The summed E-state index contributed by atoms with van der Waals surface area (Å²) in [6.07, 6.45) is 3.56. The molecule has 3 rings (SSSR count). The molecule has 0 saturated carbocycles. The molecule has 1 aliphatic heterocycles. The monoisotopic (exact) mass is 341 g/mol. The molecule has 1 saturated heterocycles. The second-order valence-electron chi connectivity index (χ2n) is 4.53. The van der Waals surface area contributed by atoms with Gasteiger partial charge in [0.2, 0.25) is 5.91 Å². The minimum Gasteiger partial charge on any atom is -0.341 e. The summed E-state index contributed by atoms with van der Waals surface area (Å²) < 4.78 is 2.13. The van der Waals surface area contributed by atoms with E-state index in [1.165, 1.54) is 22.2 Å². The second-order valence-corrected chi connectivity index (χ2v) is 6.24. The van der Waals surface area contributed by atoms with Crippen molar-refractivity contribution in [3.05, 3.63) is 26.5 Å². The van der Waals surface area contributed by atoms with Gasteiger partial charge in [-0.2, -0.15) is 0 Å². The van der Waals surface area contributed by atoms with Crippen molar-refractivity contribution >= 4 is 43.4 Å². The van der Waals surface area contributed by atoms with Crippen LogP contribution in [0.2, 0.25) is 0 Å². The van der Waals surface area contributed by atoms with Crippen LogP contribution in [0, 0.1) is 0 Å². The zero-order valence-corrected chi connectivity index (χ0v) is 12.5. The lowest BCUT2D eigenvalue weighted by molar-refractivity contribution is -0.130. The lowest BCUT2D eigenvalue weighted by Gasteiger charge is -2.15. The van der Waals surface area contributed by atoms with E-state index in [0.29, 0.717) is 10.2 Å². The number of nitrogens with zero attached hydrogens (tertiary/aromatic N) is 3. The van der Waals surface area contributed by atoms with E-state index in [-0.39, 0.29) is 18.0 Å². The van der Waals surface area contributed by atoms with E-state index in [4.69, 9.17) is 0 Å². The molecule has 1 fully saturated rings. The molecule has 0 spiro atoms. The van der Waals surface area contributed by atoms with Crippen molar-refractivity contribution in [1.82, 2.24) is 14.5 Å². The van der Waals surface area contributed by atoms with Gasteiger partial charge in [-0.25, -0.2) is 4.98 Å². The molecule has 0 unspecified atom stereocenters. The highest BCUT2D eigenvalue weighted by atomic mass is 79.9. The summed E-state index contributed by atoms with van der Waals surface area (Å²) >= 11 is 4.76. The molecule has 0 aliphatic carbocycles. The van der Waals surface area contributed by atoms with E-state index in [1.54, 1.807) is 4.90 Å². The van der Waals surface area contributed by atoms with Crippen LogP contribution >= 0.6 is 27.3 Å². The number of carbonyl (C=O) groups excluding carboxylic acids is 1. The Morgan fingerprint density at radius 3 is 2.89 bits per heavy atom. The molecule has 0 aromatic carbocycles. The van der Waals surface area contributed by atoms with Crippen LogP contribution in [0.5, 0.6) is 0 Å². The lowest BCUT2D eigenvalue weighted by Crippen LogP contribution is -2.34. The van der Waals surface area contributed by atoms with Crippen molar-refractivity contribution in [2.45, 2.75) is 19.4 Å². The quantitative estimate of drug-likeness (QED) is 0.837. The van der Waals surface area contributed by atoms with Crippen LogP contribution in [0.25, 0.3) is 10.2 Å². The maximum atomic E-state index is 12.3. The van der Waals surface area contributed by atoms with Crippen molar-refractivity contribution in [1.29, 1.82) is 0 Å². The van der Waals surface area contributed by atoms with E-state index in [1.807, 2.05) is 5.38 Å². The van der Waals surface area contributed by atoms with E-state index >= 15 is 0 Å². The van der Waals surface area contributed by atoms with Crippen LogP contribution in [0.15, 0.2) is 21.0 Å². The molecule has 1 amide bonds. The van der Waals surface area contributed by atoms with Gasteiger partial charge in [0.05, 0.1) is 11.7 Å². The molecular formula is C12H12BrN3O2S. The molecule has 2 aromatic rings. The lowest BCUT2D eigenvalue weighted by atomic mass is 10.4. The summed E-state index contributed by atoms with van der Waals surface area (Å²) in [4.78, 5) is 31.1. The normalized spacial score (nSPS) is 15.3. The average Bonchev–Trinajstić information content (AvgIpc) is 3.03. The van der Waals surface area contributed by atoms with Crippen LogP contribution in [-0.2, 0) is 11.3 Å². The Kier molecular flexibility index (Phi) is 3.40. The third-order valence-electron chi connectivity index (χ3n) is 3.28. The maximum absolute atomic E-state index is 12.3. The molecule has 0 atom stereocenters. The number of rotatable bonds is 2. The standard InChI is InChI=1S/C12H12BrN3O2S/c13-8-6-19-11-10(8)12(18)16(7-14-11)5-9(17)15-3-1-2-4-15/h6-7H,1-5H2. The predicted octanol–water partition coefficient (Wildman–Crippen LogP) is 1.84. The summed E-state index contributed by atoms with van der Waals surface area (Å²) in [5.41, 5.74) is -0.161. The number of thiophene rings is 1. The molecule has 7 heteroatoms. The first-order chi connectivity index (χ1) is 9.16. The van der Waals surface area contributed by atoms with Gasteiger partial charge in [0.25, 0.3) is 5.56 Å². The molecule has 19 heavy (non-hydrogen) atoms. The van der Waals surface area contributed by atoms with Crippen molar-refractivity contribution in [2.75, 3.05) is 13.1 Å². The molecular weight excluding hydrogens is 330 g/mol. The van der Waals surface area contributed by atoms with Crippen LogP contribution in [0.1, 0.15) is 12.8 Å². The van der Waals surface area contributed by atoms with Crippen LogP contribution < -0.4 is 5.56 Å². The fourth-order valence-electron chi connectivity index (χ4n) is 2.26. The van der Waals surface area contributed by atoms with E-state index < -0.39 is 0 Å². The number of carbonyl (C=O) groups is 1. The van der Waals surface area contributed by atoms with E-state index in [9.17, 15) is 9.59 Å². The first kappa shape index (κ1) is 12.8. The molecule has 2 aromatic heterocycles. The van der Waals surface area contributed by atoms with Gasteiger partial charge in [-0.15, -0.1) is 11.3 Å². The SMILES string of the molecule is O=C(Cn1cnc2scc(Br)c2c1=O)N1CCCC1. The zero-order valence-electron chi connectivity index (χ0n) is 10.1. The summed E-state index contributed by atoms with van der Waals surface area (Å²) in [6.45, 7) is 1.67. The Morgan fingerprint density at radius 2 is 2.16 bits per heavy atom. The van der Waals surface area contributed by atoms with Crippen molar-refractivity contribution < 1.29 is 4.79 Å². The fraction of sp³-hybridized carbons (Fsp3) is 0.417. The summed E-state index contributed by atoms with van der Waals surface area (Å²) in [6, 6.07) is 0. The van der Waals surface area contributed by atoms with Gasteiger partial charge in [-0.1, -0.05) is 0 Å². The summed E-state index contributed by atoms with van der Waals surface area (Å²) in [5.74, 6) is -0.00731. The number of fused-ring (bicyclic) bond motifs is 1. The average molecular weight is 342 g/mol. The Morgan fingerprint density at radius 1 is 1.42 bits per heavy atom. The number of halogens is 1. The predicted molar refractivity (Wildman–Crippen MR) is 77.4 cm³/mol. The highest BCUT2D eigenvalue weighted by Gasteiger charge is 2.19. The Labute approximate surface area is 122 Å². The molecule has 0 N–H and O–H groups in total. The number of likely N-dealkylation sites (tertiary alicyclic amines) is 1. The van der Waals surface area contributed by atoms with Crippen molar-refractivity contribution in [2.24, 2.45) is 0 Å². The minimum atomic E-state index is -0.161. The topological polar surface area (TPSA) is 55.2 Å². The third-order valence-corrected chi connectivity index (χ3v) is 5.10. The largest absolute Gasteiger partial charge is 0.341 e. The Hall–Kier alpha value is -1.21. The maximum Gasteiger partial charge on any atom is 0.263 e. The van der Waals surface area contributed by atoms with Crippen molar-refractivity contribution in [3.8, 4) is 0 Å². The zero-order chi connectivity index (χ0) is 13.4. The smallest absolute Gasteiger partial charge is 0.263 e. The first-order valence-electron chi connectivity index (χ1n) is 6.07. The third kappa shape index (κ3) is 2.32. The van der Waals surface area contributed by atoms with Gasteiger partial charge >= 0.3 is 0 Å². The summed E-state index contributed by atoms with van der Waals surface area (Å²) in [5, 5.41) is 2.40. The van der Waals surface area contributed by atoms with Gasteiger partial charge < -0.3 is 4.90 Å². The van der Waals surface area contributed by atoms with Crippen LogP contribution in [0.4, 0.5) is 0 Å². The number of aromatic nitrogens is 2. The Bertz CT molecular complexity index is 688. The summed E-state index contributed by atoms with van der Waals surface area (Å²) in [7, 11) is 0. The fourth-order valence-corrected chi connectivity index (χ4v) is 3.78.